The summed E-state index contributed by atoms with van der Waals surface area (Å²) in [6.45, 7) is 7.45. The monoisotopic (exact) mass is 180 g/mol. The van der Waals surface area contributed by atoms with Gasteiger partial charge in [-0.05, 0) is 31.1 Å². The van der Waals surface area contributed by atoms with Crippen molar-refractivity contribution < 1.29 is 4.79 Å². The van der Waals surface area contributed by atoms with E-state index in [4.69, 9.17) is 0 Å². The minimum atomic E-state index is 0.0692. The lowest BCUT2D eigenvalue weighted by Gasteiger charge is -1.92. The SMILES string of the molecule is C=C(C)C(=O)c1ccc(CC)s1. The highest BCUT2D eigenvalue weighted by atomic mass is 32.1. The highest BCUT2D eigenvalue weighted by Gasteiger charge is 2.08. The lowest BCUT2D eigenvalue weighted by molar-refractivity contribution is 0.103. The van der Waals surface area contributed by atoms with E-state index in [1.54, 1.807) is 18.3 Å². The van der Waals surface area contributed by atoms with Gasteiger partial charge in [-0.25, -0.2) is 0 Å². The molecule has 0 amide bonds. The topological polar surface area (TPSA) is 17.1 Å². The van der Waals surface area contributed by atoms with E-state index in [9.17, 15) is 4.79 Å². The van der Waals surface area contributed by atoms with Gasteiger partial charge >= 0.3 is 0 Å². The van der Waals surface area contributed by atoms with Crippen molar-refractivity contribution in [2.24, 2.45) is 0 Å². The van der Waals surface area contributed by atoms with Gasteiger partial charge in [0.15, 0.2) is 5.78 Å². The molecule has 12 heavy (non-hydrogen) atoms. The van der Waals surface area contributed by atoms with E-state index in [2.05, 4.69) is 13.5 Å². The van der Waals surface area contributed by atoms with Crippen LogP contribution in [-0.2, 0) is 6.42 Å². The Kier molecular flexibility index (Phi) is 2.82. The molecule has 1 aromatic heterocycles. The molecule has 0 saturated carbocycles. The third-order valence-electron chi connectivity index (χ3n) is 1.62. The van der Waals surface area contributed by atoms with Gasteiger partial charge in [0.05, 0.1) is 4.88 Å². The van der Waals surface area contributed by atoms with Crippen LogP contribution in [0.5, 0.6) is 0 Å². The summed E-state index contributed by atoms with van der Waals surface area (Å²) < 4.78 is 0. The summed E-state index contributed by atoms with van der Waals surface area (Å²) >= 11 is 1.56. The van der Waals surface area contributed by atoms with Gasteiger partial charge in [-0.2, -0.15) is 0 Å². The normalized spacial score (nSPS) is 9.83. The molecule has 2 heteroatoms. The molecule has 0 atom stereocenters. The van der Waals surface area contributed by atoms with E-state index in [1.807, 2.05) is 12.1 Å². The Morgan fingerprint density at radius 1 is 1.58 bits per heavy atom. The maximum atomic E-state index is 11.4. The van der Waals surface area contributed by atoms with E-state index in [0.717, 1.165) is 11.3 Å². The first-order chi connectivity index (χ1) is 5.65. The third kappa shape index (κ3) is 1.83. The first kappa shape index (κ1) is 9.20. The lowest BCUT2D eigenvalue weighted by atomic mass is 10.2. The fourth-order valence-electron chi connectivity index (χ4n) is 0.900. The zero-order valence-electron chi connectivity index (χ0n) is 7.39. The summed E-state index contributed by atoms with van der Waals surface area (Å²) in [6.07, 6.45) is 0.994. The summed E-state index contributed by atoms with van der Waals surface area (Å²) in [7, 11) is 0. The summed E-state index contributed by atoms with van der Waals surface area (Å²) in [4.78, 5) is 13.4. The molecule has 1 nitrogen and oxygen atoms in total. The second-order valence-electron chi connectivity index (χ2n) is 2.73. The van der Waals surface area contributed by atoms with Gasteiger partial charge in [0, 0.05) is 4.88 Å². The average Bonchev–Trinajstić information content (AvgIpc) is 2.50. The first-order valence-corrected chi connectivity index (χ1v) is 4.75. The highest BCUT2D eigenvalue weighted by molar-refractivity contribution is 7.14. The summed E-state index contributed by atoms with van der Waals surface area (Å²) in [5, 5.41) is 0. The van der Waals surface area contributed by atoms with Gasteiger partial charge < -0.3 is 0 Å². The van der Waals surface area contributed by atoms with Crippen molar-refractivity contribution >= 4 is 17.1 Å². The van der Waals surface area contributed by atoms with Crippen molar-refractivity contribution in [2.45, 2.75) is 20.3 Å². The lowest BCUT2D eigenvalue weighted by Crippen LogP contribution is -1.94. The number of Topliss-reactive ketones (excluding diaryl/α,β-unsaturated/α-hetero) is 1. The summed E-state index contributed by atoms with van der Waals surface area (Å²) in [5.41, 5.74) is 0.611. The zero-order valence-corrected chi connectivity index (χ0v) is 8.20. The minimum Gasteiger partial charge on any atom is -0.288 e. The van der Waals surface area contributed by atoms with Crippen LogP contribution >= 0.6 is 11.3 Å². The van der Waals surface area contributed by atoms with E-state index >= 15 is 0 Å². The van der Waals surface area contributed by atoms with Gasteiger partial charge in [-0.3, -0.25) is 4.79 Å². The van der Waals surface area contributed by atoms with Crippen molar-refractivity contribution in [1.29, 1.82) is 0 Å². The minimum absolute atomic E-state index is 0.0692. The average molecular weight is 180 g/mol. The van der Waals surface area contributed by atoms with Crippen LogP contribution in [0.4, 0.5) is 0 Å². The number of carbonyl (C=O) groups excluding carboxylic acids is 1. The number of aryl methyl sites for hydroxylation is 1. The number of hydrogen-bond donors (Lipinski definition) is 0. The number of thiophene rings is 1. The Morgan fingerprint density at radius 3 is 2.67 bits per heavy atom. The maximum Gasteiger partial charge on any atom is 0.198 e. The predicted octanol–water partition coefficient (Wildman–Crippen LogP) is 3.07. The van der Waals surface area contributed by atoms with Crippen LogP contribution in [0.1, 0.15) is 28.4 Å². The van der Waals surface area contributed by atoms with E-state index in [0.29, 0.717) is 5.57 Å². The molecule has 1 rings (SSSR count). The van der Waals surface area contributed by atoms with Crippen LogP contribution < -0.4 is 0 Å². The Balaban J connectivity index is 2.89. The van der Waals surface area contributed by atoms with Crippen LogP contribution in [0.2, 0.25) is 0 Å². The number of rotatable bonds is 3. The standard InChI is InChI=1S/C10H12OS/c1-4-8-5-6-9(12-8)10(11)7(2)3/h5-6H,2,4H2,1,3H3. The van der Waals surface area contributed by atoms with E-state index in [1.165, 1.54) is 4.88 Å². The van der Waals surface area contributed by atoms with E-state index in [-0.39, 0.29) is 5.78 Å². The molecule has 0 unspecified atom stereocenters. The molecule has 0 aliphatic heterocycles. The van der Waals surface area contributed by atoms with Crippen LogP contribution in [-0.4, -0.2) is 5.78 Å². The smallest absolute Gasteiger partial charge is 0.198 e. The number of carbonyl (C=O) groups is 1. The van der Waals surface area contributed by atoms with Crippen LogP contribution in [0.15, 0.2) is 24.3 Å². The van der Waals surface area contributed by atoms with Crippen molar-refractivity contribution in [3.63, 3.8) is 0 Å². The summed E-state index contributed by atoms with van der Waals surface area (Å²) in [5.74, 6) is 0.0692. The number of ketones is 1. The molecule has 1 heterocycles. The first-order valence-electron chi connectivity index (χ1n) is 3.94. The molecule has 64 valence electrons. The fourth-order valence-corrected chi connectivity index (χ4v) is 1.87. The molecule has 0 aromatic carbocycles. The third-order valence-corrected chi connectivity index (χ3v) is 2.85. The molecule has 0 aliphatic carbocycles. The van der Waals surface area contributed by atoms with Crippen LogP contribution in [0.3, 0.4) is 0 Å². The molecule has 0 fully saturated rings. The Bertz CT molecular complexity index is 309. The second-order valence-corrected chi connectivity index (χ2v) is 3.90. The molecule has 0 spiro atoms. The van der Waals surface area contributed by atoms with Gasteiger partial charge in [0.1, 0.15) is 0 Å². The molecule has 0 saturated heterocycles. The van der Waals surface area contributed by atoms with Crippen molar-refractivity contribution in [2.75, 3.05) is 0 Å². The quantitative estimate of drug-likeness (QED) is 0.516. The van der Waals surface area contributed by atoms with Gasteiger partial charge in [0.2, 0.25) is 0 Å². The van der Waals surface area contributed by atoms with Crippen molar-refractivity contribution in [1.82, 2.24) is 0 Å². The number of hydrogen-bond acceptors (Lipinski definition) is 2. The highest BCUT2D eigenvalue weighted by Crippen LogP contribution is 2.19. The van der Waals surface area contributed by atoms with E-state index < -0.39 is 0 Å². The van der Waals surface area contributed by atoms with Gasteiger partial charge in [0.25, 0.3) is 0 Å². The predicted molar refractivity (Wildman–Crippen MR) is 52.8 cm³/mol. The van der Waals surface area contributed by atoms with Gasteiger partial charge in [-0.1, -0.05) is 13.5 Å². The van der Waals surface area contributed by atoms with Crippen molar-refractivity contribution in [3.8, 4) is 0 Å². The molecule has 0 bridgehead atoms. The van der Waals surface area contributed by atoms with Crippen LogP contribution in [0, 0.1) is 0 Å². The van der Waals surface area contributed by atoms with Crippen molar-refractivity contribution in [3.05, 3.63) is 34.0 Å². The molecule has 0 radical (unpaired) electrons. The molecule has 0 aliphatic rings. The fraction of sp³-hybridized carbons (Fsp3) is 0.300. The second kappa shape index (κ2) is 3.68. The molecule has 0 N–H and O–H groups in total. The maximum absolute atomic E-state index is 11.4. The Hall–Kier alpha value is -0.890. The zero-order chi connectivity index (χ0) is 9.14. The Labute approximate surface area is 76.7 Å². The number of allylic oxidation sites excluding steroid dienone is 1. The van der Waals surface area contributed by atoms with Gasteiger partial charge in [-0.15, -0.1) is 11.3 Å². The van der Waals surface area contributed by atoms with Crippen LogP contribution in [0.25, 0.3) is 0 Å². The molecular weight excluding hydrogens is 168 g/mol. The summed E-state index contributed by atoms with van der Waals surface area (Å²) in [6, 6.07) is 3.88. The molecular formula is C10H12OS. The largest absolute Gasteiger partial charge is 0.288 e. The molecule has 1 aromatic rings. The Morgan fingerprint density at radius 2 is 2.25 bits per heavy atom.